The van der Waals surface area contributed by atoms with Crippen molar-refractivity contribution in [3.8, 4) is 0 Å². The summed E-state index contributed by atoms with van der Waals surface area (Å²) in [6, 6.07) is 17.4. The Morgan fingerprint density at radius 1 is 1.07 bits per heavy atom. The Bertz CT molecular complexity index is 924. The molecule has 0 radical (unpaired) electrons. The van der Waals surface area contributed by atoms with Crippen LogP contribution in [0.15, 0.2) is 54.6 Å². The van der Waals surface area contributed by atoms with Crippen molar-refractivity contribution in [3.63, 3.8) is 0 Å². The molecule has 2 aromatic rings. The van der Waals surface area contributed by atoms with Crippen LogP contribution in [0.4, 0.5) is 0 Å². The first kappa shape index (κ1) is 20.6. The van der Waals surface area contributed by atoms with E-state index in [2.05, 4.69) is 0 Å². The van der Waals surface area contributed by atoms with Crippen LogP contribution in [0.25, 0.3) is 0 Å². The summed E-state index contributed by atoms with van der Waals surface area (Å²) in [7, 11) is 0. The maximum atomic E-state index is 12.9. The molecule has 0 unspecified atom stereocenters. The van der Waals surface area contributed by atoms with Gasteiger partial charge in [-0.1, -0.05) is 60.2 Å². The lowest BCUT2D eigenvalue weighted by Gasteiger charge is -2.49. The Morgan fingerprint density at radius 2 is 1.73 bits per heavy atom. The molecule has 2 heterocycles. The molecule has 6 nitrogen and oxygen atoms in total. The van der Waals surface area contributed by atoms with Crippen LogP contribution in [0, 0.1) is 6.92 Å². The number of amides is 1. The first-order valence-corrected chi connectivity index (χ1v) is 10.2. The number of aryl methyl sites for hydroxylation is 1. The number of hydrogen-bond acceptors (Lipinski definition) is 5. The number of carbonyl (C=O) groups excluding carboxylic acids is 2. The summed E-state index contributed by atoms with van der Waals surface area (Å²) >= 11 is 0. The number of benzene rings is 2. The molecular weight excluding hydrogens is 382 g/mol. The minimum absolute atomic E-state index is 0.213. The van der Waals surface area contributed by atoms with Gasteiger partial charge in [0.25, 0.3) is 5.91 Å². The van der Waals surface area contributed by atoms with Gasteiger partial charge in [-0.15, -0.1) is 0 Å². The standard InChI is InChI=1S/C24H27NO5/c1-15-10-12-18(13-11-15)20-21(30-24(3,4)29-20)19-22(28-16(2)26)23(27)25(19)14-17-8-6-5-7-9-17/h5-13,19-22H,14H2,1-4H3/t19-,20-,21-,22+/m0/s1. The summed E-state index contributed by atoms with van der Waals surface area (Å²) in [6.45, 7) is 7.48. The van der Waals surface area contributed by atoms with Gasteiger partial charge in [-0.3, -0.25) is 9.59 Å². The van der Waals surface area contributed by atoms with Crippen molar-refractivity contribution in [1.29, 1.82) is 0 Å². The Kier molecular flexibility index (Phi) is 5.38. The number of β-lactam (4-membered cyclic amide) rings is 1. The van der Waals surface area contributed by atoms with Crippen molar-refractivity contribution in [2.75, 3.05) is 0 Å². The molecule has 2 saturated heterocycles. The Balaban J connectivity index is 1.66. The molecule has 158 valence electrons. The van der Waals surface area contributed by atoms with E-state index < -0.39 is 30.0 Å². The summed E-state index contributed by atoms with van der Waals surface area (Å²) in [5.74, 6) is -1.52. The van der Waals surface area contributed by atoms with Gasteiger partial charge >= 0.3 is 5.97 Å². The number of nitrogens with zero attached hydrogens (tertiary/aromatic N) is 1. The highest BCUT2D eigenvalue weighted by Crippen LogP contribution is 2.45. The monoisotopic (exact) mass is 409 g/mol. The van der Waals surface area contributed by atoms with Gasteiger partial charge in [0.15, 0.2) is 5.79 Å². The lowest BCUT2D eigenvalue weighted by atomic mass is 9.86. The maximum absolute atomic E-state index is 12.9. The lowest BCUT2D eigenvalue weighted by Crippen LogP contribution is -2.70. The zero-order chi connectivity index (χ0) is 21.5. The molecule has 6 heteroatoms. The third kappa shape index (κ3) is 3.98. The number of likely N-dealkylation sites (tertiary alicyclic amines) is 1. The number of ether oxygens (including phenoxy) is 3. The van der Waals surface area contributed by atoms with Crippen molar-refractivity contribution < 1.29 is 23.8 Å². The van der Waals surface area contributed by atoms with E-state index in [1.54, 1.807) is 4.90 Å². The SMILES string of the molecule is CC(=O)O[C@H]1C(=O)N(Cc2ccccc2)[C@H]1[C@@H]1OC(C)(C)O[C@H]1c1ccc(C)cc1. The number of carbonyl (C=O) groups is 2. The van der Waals surface area contributed by atoms with Crippen LogP contribution in [-0.2, 0) is 30.3 Å². The van der Waals surface area contributed by atoms with Crippen LogP contribution < -0.4 is 0 Å². The van der Waals surface area contributed by atoms with Crippen molar-refractivity contribution in [3.05, 3.63) is 71.3 Å². The molecule has 2 aliphatic rings. The van der Waals surface area contributed by atoms with E-state index in [0.29, 0.717) is 6.54 Å². The van der Waals surface area contributed by atoms with E-state index in [4.69, 9.17) is 14.2 Å². The fraction of sp³-hybridized carbons (Fsp3) is 0.417. The van der Waals surface area contributed by atoms with Crippen LogP contribution in [-0.4, -0.2) is 40.8 Å². The fourth-order valence-electron chi connectivity index (χ4n) is 4.20. The second-order valence-electron chi connectivity index (χ2n) is 8.40. The minimum atomic E-state index is -0.873. The summed E-state index contributed by atoms with van der Waals surface area (Å²) in [6.07, 6.45) is -1.72. The number of hydrogen-bond donors (Lipinski definition) is 0. The van der Waals surface area contributed by atoms with Crippen LogP contribution in [0.5, 0.6) is 0 Å². The van der Waals surface area contributed by atoms with Crippen molar-refractivity contribution >= 4 is 11.9 Å². The first-order valence-electron chi connectivity index (χ1n) is 10.2. The summed E-state index contributed by atoms with van der Waals surface area (Å²) in [5.41, 5.74) is 3.12. The van der Waals surface area contributed by atoms with Gasteiger partial charge in [0.05, 0.1) is 0 Å². The van der Waals surface area contributed by atoms with E-state index >= 15 is 0 Å². The average Bonchev–Trinajstić information content (AvgIpc) is 3.02. The van der Waals surface area contributed by atoms with Crippen LogP contribution in [0.2, 0.25) is 0 Å². The van der Waals surface area contributed by atoms with Crippen molar-refractivity contribution in [2.24, 2.45) is 0 Å². The van der Waals surface area contributed by atoms with Gasteiger partial charge in [0.2, 0.25) is 6.10 Å². The number of rotatable bonds is 5. The molecule has 0 saturated carbocycles. The summed E-state index contributed by atoms with van der Waals surface area (Å²) in [4.78, 5) is 26.3. The smallest absolute Gasteiger partial charge is 0.303 e. The van der Waals surface area contributed by atoms with Gasteiger partial charge in [-0.25, -0.2) is 0 Å². The van der Waals surface area contributed by atoms with Crippen molar-refractivity contribution in [2.45, 2.75) is 64.4 Å². The highest BCUT2D eigenvalue weighted by atomic mass is 16.8. The minimum Gasteiger partial charge on any atom is -0.450 e. The molecule has 0 N–H and O–H groups in total. The quantitative estimate of drug-likeness (QED) is 0.558. The molecule has 4 atom stereocenters. The molecule has 4 rings (SSSR count). The predicted molar refractivity (Wildman–Crippen MR) is 110 cm³/mol. The molecule has 30 heavy (non-hydrogen) atoms. The van der Waals surface area contributed by atoms with Gasteiger partial charge in [-0.2, -0.15) is 0 Å². The average molecular weight is 409 g/mol. The Hall–Kier alpha value is -2.70. The normalized spacial score (nSPS) is 27.6. The summed E-state index contributed by atoms with van der Waals surface area (Å²) < 4.78 is 17.9. The zero-order valence-corrected chi connectivity index (χ0v) is 17.7. The fourth-order valence-corrected chi connectivity index (χ4v) is 4.20. The molecule has 2 fully saturated rings. The lowest BCUT2D eigenvalue weighted by molar-refractivity contribution is -0.200. The largest absolute Gasteiger partial charge is 0.450 e. The second kappa shape index (κ2) is 7.85. The van der Waals surface area contributed by atoms with Gasteiger partial charge in [0.1, 0.15) is 18.2 Å². The van der Waals surface area contributed by atoms with E-state index in [-0.39, 0.29) is 12.0 Å². The molecule has 0 aromatic heterocycles. The molecular formula is C24H27NO5. The van der Waals surface area contributed by atoms with Crippen molar-refractivity contribution in [1.82, 2.24) is 4.90 Å². The van der Waals surface area contributed by atoms with Gasteiger partial charge < -0.3 is 19.1 Å². The molecule has 2 aromatic carbocycles. The van der Waals surface area contributed by atoms with Crippen LogP contribution in [0.1, 0.15) is 43.6 Å². The third-order valence-electron chi connectivity index (χ3n) is 5.56. The second-order valence-corrected chi connectivity index (χ2v) is 8.40. The van der Waals surface area contributed by atoms with E-state index in [9.17, 15) is 9.59 Å². The highest BCUT2D eigenvalue weighted by Gasteiger charge is 2.59. The molecule has 0 aliphatic carbocycles. The van der Waals surface area contributed by atoms with Gasteiger partial charge in [-0.05, 0) is 31.9 Å². The first-order chi connectivity index (χ1) is 14.2. The zero-order valence-electron chi connectivity index (χ0n) is 17.7. The van der Waals surface area contributed by atoms with Gasteiger partial charge in [0, 0.05) is 13.5 Å². The Morgan fingerprint density at radius 3 is 2.37 bits per heavy atom. The topological polar surface area (TPSA) is 65.1 Å². The summed E-state index contributed by atoms with van der Waals surface area (Å²) in [5, 5.41) is 0. The molecule has 0 bridgehead atoms. The third-order valence-corrected chi connectivity index (χ3v) is 5.56. The molecule has 1 amide bonds. The highest BCUT2D eigenvalue weighted by molar-refractivity contribution is 5.90. The molecule has 0 spiro atoms. The van der Waals surface area contributed by atoms with E-state index in [1.807, 2.05) is 75.4 Å². The Labute approximate surface area is 176 Å². The maximum Gasteiger partial charge on any atom is 0.303 e. The van der Waals surface area contributed by atoms with E-state index in [1.165, 1.54) is 6.92 Å². The van der Waals surface area contributed by atoms with Crippen LogP contribution in [0.3, 0.4) is 0 Å². The van der Waals surface area contributed by atoms with E-state index in [0.717, 1.165) is 16.7 Å². The van der Waals surface area contributed by atoms with Crippen LogP contribution >= 0.6 is 0 Å². The number of esters is 1. The predicted octanol–water partition coefficient (Wildman–Crippen LogP) is 3.53. The molecule has 2 aliphatic heterocycles.